The molecule has 0 aliphatic heterocycles. The van der Waals surface area contributed by atoms with Gasteiger partial charge in [-0.05, 0) is 45.8 Å². The Morgan fingerprint density at radius 2 is 2.07 bits per heavy atom. The summed E-state index contributed by atoms with van der Waals surface area (Å²) in [5.41, 5.74) is -0.0364. The van der Waals surface area contributed by atoms with Gasteiger partial charge in [0.05, 0.1) is 28.7 Å². The predicted molar refractivity (Wildman–Crippen MR) is 108 cm³/mol. The fourth-order valence-electron chi connectivity index (χ4n) is 2.48. The topological polar surface area (TPSA) is 85.7 Å². The number of H-pyrrole nitrogens is 1. The number of aromatic amines is 1. The normalized spacial score (nSPS) is 11.0. The van der Waals surface area contributed by atoms with E-state index in [0.29, 0.717) is 39.0 Å². The zero-order valence-corrected chi connectivity index (χ0v) is 16.0. The molecular weight excluding hydrogens is 414 g/mol. The summed E-state index contributed by atoms with van der Waals surface area (Å²) in [6, 6.07) is 10.2. The maximum atomic E-state index is 12.5. The minimum atomic E-state index is -0.619. The van der Waals surface area contributed by atoms with Crippen molar-refractivity contribution in [2.45, 2.75) is 0 Å². The summed E-state index contributed by atoms with van der Waals surface area (Å²) in [7, 11) is 1.52. The van der Waals surface area contributed by atoms with Gasteiger partial charge in [0.2, 0.25) is 0 Å². The standard InChI is InChI=1S/C19H16BrN3O4/c1-3-8-27-17-14(20)9-12(10-16(17)26-2)11-21-23-18(24)13-6-4-5-7-15(13)22-19(23)25/h3-7,9-11H,1,8H2,2H3,(H,22,25). The molecule has 0 fully saturated rings. The van der Waals surface area contributed by atoms with Crippen LogP contribution in [0.5, 0.6) is 11.5 Å². The lowest BCUT2D eigenvalue weighted by molar-refractivity contribution is 0.324. The molecule has 0 aliphatic rings. The van der Waals surface area contributed by atoms with Crippen LogP contribution < -0.4 is 20.7 Å². The van der Waals surface area contributed by atoms with Crippen LogP contribution >= 0.6 is 15.9 Å². The number of benzene rings is 2. The molecule has 27 heavy (non-hydrogen) atoms. The van der Waals surface area contributed by atoms with Gasteiger partial charge >= 0.3 is 5.69 Å². The van der Waals surface area contributed by atoms with Crippen molar-refractivity contribution in [2.75, 3.05) is 13.7 Å². The van der Waals surface area contributed by atoms with Gasteiger partial charge < -0.3 is 14.5 Å². The van der Waals surface area contributed by atoms with Crippen LogP contribution in [0.3, 0.4) is 0 Å². The largest absolute Gasteiger partial charge is 0.493 e. The van der Waals surface area contributed by atoms with Crippen molar-refractivity contribution in [1.82, 2.24) is 9.66 Å². The number of fused-ring (bicyclic) bond motifs is 1. The Kier molecular flexibility index (Phi) is 5.56. The van der Waals surface area contributed by atoms with Crippen molar-refractivity contribution >= 4 is 33.0 Å². The average molecular weight is 430 g/mol. The van der Waals surface area contributed by atoms with E-state index >= 15 is 0 Å². The van der Waals surface area contributed by atoms with Crippen LogP contribution in [-0.4, -0.2) is 29.6 Å². The molecule has 1 aromatic heterocycles. The average Bonchev–Trinajstić information content (AvgIpc) is 2.66. The fourth-order valence-corrected chi connectivity index (χ4v) is 3.05. The van der Waals surface area contributed by atoms with Gasteiger partial charge in [-0.2, -0.15) is 5.10 Å². The molecule has 138 valence electrons. The molecule has 0 aliphatic carbocycles. The number of nitrogens with one attached hydrogen (secondary N) is 1. The highest BCUT2D eigenvalue weighted by molar-refractivity contribution is 9.10. The number of aromatic nitrogens is 2. The molecule has 1 heterocycles. The molecule has 0 unspecified atom stereocenters. The number of para-hydroxylation sites is 1. The lowest BCUT2D eigenvalue weighted by Gasteiger charge is -2.12. The number of nitrogens with zero attached hydrogens (tertiary/aromatic N) is 2. The molecule has 0 spiro atoms. The number of methoxy groups -OCH3 is 1. The molecule has 0 bridgehead atoms. The molecule has 3 aromatic rings. The van der Waals surface area contributed by atoms with E-state index in [1.54, 1.807) is 42.5 Å². The first kappa shape index (κ1) is 18.7. The third-order valence-electron chi connectivity index (χ3n) is 3.70. The van der Waals surface area contributed by atoms with Crippen LogP contribution in [0, 0.1) is 0 Å². The molecule has 7 nitrogen and oxygen atoms in total. The highest BCUT2D eigenvalue weighted by atomic mass is 79.9. The highest BCUT2D eigenvalue weighted by Crippen LogP contribution is 2.36. The van der Waals surface area contributed by atoms with Gasteiger partial charge in [-0.3, -0.25) is 4.79 Å². The van der Waals surface area contributed by atoms with E-state index in [4.69, 9.17) is 9.47 Å². The van der Waals surface area contributed by atoms with Crippen molar-refractivity contribution in [3.05, 3.63) is 79.9 Å². The smallest absolute Gasteiger partial charge is 0.349 e. The van der Waals surface area contributed by atoms with E-state index in [2.05, 4.69) is 32.6 Å². The van der Waals surface area contributed by atoms with Gasteiger partial charge in [0.25, 0.3) is 5.56 Å². The van der Waals surface area contributed by atoms with Crippen LogP contribution in [0.4, 0.5) is 0 Å². The second-order valence-electron chi connectivity index (χ2n) is 5.47. The molecule has 8 heteroatoms. The van der Waals surface area contributed by atoms with E-state index < -0.39 is 11.2 Å². The first-order chi connectivity index (χ1) is 13.0. The summed E-state index contributed by atoms with van der Waals surface area (Å²) in [5.74, 6) is 1.00. The molecule has 0 radical (unpaired) electrons. The highest BCUT2D eigenvalue weighted by Gasteiger charge is 2.11. The van der Waals surface area contributed by atoms with Gasteiger partial charge in [0, 0.05) is 0 Å². The molecule has 3 rings (SSSR count). The Labute approximate surface area is 162 Å². The Bertz CT molecular complexity index is 1150. The van der Waals surface area contributed by atoms with Crippen molar-refractivity contribution in [3.63, 3.8) is 0 Å². The zero-order valence-electron chi connectivity index (χ0n) is 14.4. The number of rotatable bonds is 6. The fraction of sp³-hybridized carbons (Fsp3) is 0.105. The Morgan fingerprint density at radius 3 is 2.81 bits per heavy atom. The second kappa shape index (κ2) is 8.05. The van der Waals surface area contributed by atoms with Gasteiger partial charge in [-0.1, -0.05) is 24.8 Å². The molecular formula is C19H16BrN3O4. The van der Waals surface area contributed by atoms with Crippen LogP contribution in [0.15, 0.2) is 68.2 Å². The van der Waals surface area contributed by atoms with Crippen LogP contribution in [0.1, 0.15) is 5.56 Å². The number of hydrogen-bond acceptors (Lipinski definition) is 5. The minimum absolute atomic E-state index is 0.324. The van der Waals surface area contributed by atoms with E-state index in [1.165, 1.54) is 13.3 Å². The Morgan fingerprint density at radius 1 is 1.30 bits per heavy atom. The molecule has 0 saturated heterocycles. The number of ether oxygens (including phenoxy) is 2. The lowest BCUT2D eigenvalue weighted by atomic mass is 10.2. The monoisotopic (exact) mass is 429 g/mol. The second-order valence-corrected chi connectivity index (χ2v) is 6.33. The van der Waals surface area contributed by atoms with E-state index in [1.807, 2.05) is 0 Å². The third kappa shape index (κ3) is 3.85. The van der Waals surface area contributed by atoms with Gasteiger partial charge in [-0.15, -0.1) is 4.68 Å². The van der Waals surface area contributed by atoms with Crippen molar-refractivity contribution in [1.29, 1.82) is 0 Å². The molecule has 0 atom stereocenters. The predicted octanol–water partition coefficient (Wildman–Crippen LogP) is 2.91. The van der Waals surface area contributed by atoms with Gasteiger partial charge in [0.1, 0.15) is 6.61 Å². The Balaban J connectivity index is 2.03. The minimum Gasteiger partial charge on any atom is -0.493 e. The number of halogens is 1. The van der Waals surface area contributed by atoms with Crippen LogP contribution in [0.2, 0.25) is 0 Å². The first-order valence-electron chi connectivity index (χ1n) is 7.95. The van der Waals surface area contributed by atoms with Crippen molar-refractivity contribution in [2.24, 2.45) is 5.10 Å². The SMILES string of the molecule is C=CCOc1c(Br)cc(C=Nn2c(=O)[nH]c3ccccc3c2=O)cc1OC. The number of hydrogen-bond donors (Lipinski definition) is 1. The lowest BCUT2D eigenvalue weighted by Crippen LogP contribution is -2.32. The van der Waals surface area contributed by atoms with Crippen molar-refractivity contribution < 1.29 is 9.47 Å². The molecule has 0 saturated carbocycles. The molecule has 1 N–H and O–H groups in total. The Hall–Kier alpha value is -3.13. The van der Waals surface area contributed by atoms with E-state index in [9.17, 15) is 9.59 Å². The van der Waals surface area contributed by atoms with Gasteiger partial charge in [0.15, 0.2) is 11.5 Å². The summed E-state index contributed by atoms with van der Waals surface area (Å²) >= 11 is 3.42. The summed E-state index contributed by atoms with van der Waals surface area (Å²) in [6.45, 7) is 3.94. The maximum Gasteiger partial charge on any atom is 0.349 e. The molecule has 2 aromatic carbocycles. The van der Waals surface area contributed by atoms with Gasteiger partial charge in [-0.25, -0.2) is 4.79 Å². The maximum absolute atomic E-state index is 12.5. The summed E-state index contributed by atoms with van der Waals surface area (Å²) in [5, 5.41) is 4.41. The third-order valence-corrected chi connectivity index (χ3v) is 4.29. The van der Waals surface area contributed by atoms with Crippen LogP contribution in [0.25, 0.3) is 10.9 Å². The van der Waals surface area contributed by atoms with E-state index in [0.717, 1.165) is 4.68 Å². The first-order valence-corrected chi connectivity index (χ1v) is 8.74. The molecule has 0 amide bonds. The van der Waals surface area contributed by atoms with Crippen LogP contribution in [-0.2, 0) is 0 Å². The summed E-state index contributed by atoms with van der Waals surface area (Å²) in [4.78, 5) is 27.3. The summed E-state index contributed by atoms with van der Waals surface area (Å²) in [6.07, 6.45) is 3.02. The van der Waals surface area contributed by atoms with Crippen molar-refractivity contribution in [3.8, 4) is 11.5 Å². The quantitative estimate of drug-likeness (QED) is 0.482. The summed E-state index contributed by atoms with van der Waals surface area (Å²) < 4.78 is 12.3. The van der Waals surface area contributed by atoms with E-state index in [-0.39, 0.29) is 0 Å². The zero-order chi connectivity index (χ0) is 19.4.